The predicted octanol–water partition coefficient (Wildman–Crippen LogP) is 1.54. The predicted molar refractivity (Wildman–Crippen MR) is 63.8 cm³/mol. The van der Waals surface area contributed by atoms with E-state index in [-0.39, 0.29) is 17.6 Å². The lowest BCUT2D eigenvalue weighted by molar-refractivity contribution is -0.145. The normalized spacial score (nSPS) is 33.4. The van der Waals surface area contributed by atoms with E-state index in [1.807, 2.05) is 6.92 Å². The maximum Gasteiger partial charge on any atom is 0.306 e. The van der Waals surface area contributed by atoms with Crippen LogP contribution in [0.15, 0.2) is 0 Å². The van der Waals surface area contributed by atoms with Gasteiger partial charge < -0.3 is 10.0 Å². The highest BCUT2D eigenvalue weighted by atomic mass is 16.4. The van der Waals surface area contributed by atoms with Crippen LogP contribution in [0.2, 0.25) is 0 Å². The first-order valence-corrected chi connectivity index (χ1v) is 6.56. The van der Waals surface area contributed by atoms with Crippen LogP contribution < -0.4 is 0 Å². The summed E-state index contributed by atoms with van der Waals surface area (Å²) in [6.45, 7) is 4.81. The molecule has 2 fully saturated rings. The molecule has 0 amide bonds. The van der Waals surface area contributed by atoms with Crippen molar-refractivity contribution >= 4 is 11.8 Å². The average Bonchev–Trinajstić information content (AvgIpc) is 2.62. The van der Waals surface area contributed by atoms with Gasteiger partial charge in [-0.1, -0.05) is 6.92 Å². The molecule has 2 bridgehead atoms. The topological polar surface area (TPSA) is 57.6 Å². The average molecular weight is 239 g/mol. The standard InChI is InChI=1S/C13H21NO3/c1-2-10(12(16)17)8-11(15)13-4-3-6-14(9-13)7-5-13/h10H,2-9H2,1H3,(H,16,17). The Morgan fingerprint density at radius 1 is 1.35 bits per heavy atom. The fourth-order valence-corrected chi connectivity index (χ4v) is 3.21. The molecule has 0 spiro atoms. The van der Waals surface area contributed by atoms with Crippen molar-refractivity contribution in [1.82, 2.24) is 4.90 Å². The van der Waals surface area contributed by atoms with E-state index in [9.17, 15) is 9.59 Å². The van der Waals surface area contributed by atoms with Gasteiger partial charge in [0, 0.05) is 18.4 Å². The molecule has 3 atom stereocenters. The van der Waals surface area contributed by atoms with Gasteiger partial charge in [0.15, 0.2) is 0 Å². The van der Waals surface area contributed by atoms with E-state index in [2.05, 4.69) is 4.90 Å². The van der Waals surface area contributed by atoms with Crippen LogP contribution in [0.25, 0.3) is 0 Å². The van der Waals surface area contributed by atoms with E-state index < -0.39 is 11.9 Å². The minimum absolute atomic E-state index is 0.189. The monoisotopic (exact) mass is 239 g/mol. The van der Waals surface area contributed by atoms with Crippen LogP contribution in [0.3, 0.4) is 0 Å². The van der Waals surface area contributed by atoms with Crippen LogP contribution in [-0.4, -0.2) is 41.4 Å². The van der Waals surface area contributed by atoms with Gasteiger partial charge in [-0.25, -0.2) is 0 Å². The quantitative estimate of drug-likeness (QED) is 0.790. The highest BCUT2D eigenvalue weighted by Crippen LogP contribution is 2.41. The van der Waals surface area contributed by atoms with Crippen molar-refractivity contribution in [3.8, 4) is 0 Å². The molecule has 3 unspecified atom stereocenters. The number of rotatable bonds is 5. The Kier molecular flexibility index (Phi) is 3.52. The van der Waals surface area contributed by atoms with Crippen LogP contribution in [0.5, 0.6) is 0 Å². The Morgan fingerprint density at radius 3 is 2.76 bits per heavy atom. The smallest absolute Gasteiger partial charge is 0.306 e. The number of hydrogen-bond donors (Lipinski definition) is 1. The molecule has 2 rings (SSSR count). The molecule has 4 heteroatoms. The molecule has 0 aromatic rings. The number of carbonyl (C=O) groups is 2. The fraction of sp³-hybridized carbons (Fsp3) is 0.846. The van der Waals surface area contributed by atoms with E-state index >= 15 is 0 Å². The second-order valence-electron chi connectivity index (χ2n) is 5.48. The molecule has 2 aliphatic rings. The number of carbonyl (C=O) groups excluding carboxylic acids is 1. The molecule has 4 nitrogen and oxygen atoms in total. The number of hydrogen-bond acceptors (Lipinski definition) is 3. The number of fused-ring (bicyclic) bond motifs is 2. The van der Waals surface area contributed by atoms with Crippen molar-refractivity contribution in [2.24, 2.45) is 11.3 Å². The van der Waals surface area contributed by atoms with Gasteiger partial charge in [-0.15, -0.1) is 0 Å². The summed E-state index contributed by atoms with van der Waals surface area (Å²) >= 11 is 0. The molecule has 96 valence electrons. The second kappa shape index (κ2) is 4.77. The number of ketones is 1. The Hall–Kier alpha value is -0.900. The lowest BCUT2D eigenvalue weighted by Gasteiger charge is -2.33. The summed E-state index contributed by atoms with van der Waals surface area (Å²) in [5.41, 5.74) is -0.207. The van der Waals surface area contributed by atoms with Crippen LogP contribution in [0.4, 0.5) is 0 Å². The van der Waals surface area contributed by atoms with Crippen LogP contribution in [0.1, 0.15) is 39.0 Å². The Morgan fingerprint density at radius 2 is 2.12 bits per heavy atom. The number of piperidine rings is 1. The summed E-state index contributed by atoms with van der Waals surface area (Å²) in [4.78, 5) is 25.7. The number of carboxylic acids is 1. The molecule has 2 saturated heterocycles. The van der Waals surface area contributed by atoms with Gasteiger partial charge in [0.25, 0.3) is 0 Å². The van der Waals surface area contributed by atoms with Crippen molar-refractivity contribution in [3.05, 3.63) is 0 Å². The third-order valence-electron chi connectivity index (χ3n) is 4.43. The van der Waals surface area contributed by atoms with Crippen LogP contribution >= 0.6 is 0 Å². The van der Waals surface area contributed by atoms with Crippen molar-refractivity contribution in [3.63, 3.8) is 0 Å². The highest BCUT2D eigenvalue weighted by Gasteiger charge is 2.46. The molecule has 0 aliphatic carbocycles. The van der Waals surface area contributed by atoms with Crippen LogP contribution in [0, 0.1) is 11.3 Å². The van der Waals surface area contributed by atoms with Gasteiger partial charge in [0.1, 0.15) is 5.78 Å². The van der Waals surface area contributed by atoms with Gasteiger partial charge >= 0.3 is 5.97 Å². The molecule has 1 N–H and O–H groups in total. The van der Waals surface area contributed by atoms with Gasteiger partial charge in [0.05, 0.1) is 5.92 Å². The van der Waals surface area contributed by atoms with E-state index in [4.69, 9.17) is 5.11 Å². The molecule has 17 heavy (non-hydrogen) atoms. The van der Waals surface area contributed by atoms with Gasteiger partial charge in [-0.05, 0) is 38.8 Å². The van der Waals surface area contributed by atoms with Crippen molar-refractivity contribution < 1.29 is 14.7 Å². The number of nitrogens with zero attached hydrogens (tertiary/aromatic N) is 1. The number of carboxylic acid groups (broad SMARTS) is 1. The Labute approximate surface area is 102 Å². The minimum atomic E-state index is -0.831. The first-order valence-electron chi connectivity index (χ1n) is 6.56. The van der Waals surface area contributed by atoms with E-state index in [1.54, 1.807) is 0 Å². The maximum absolute atomic E-state index is 12.4. The fourth-order valence-electron chi connectivity index (χ4n) is 3.21. The summed E-state index contributed by atoms with van der Waals surface area (Å²) in [6, 6.07) is 0. The van der Waals surface area contributed by atoms with Crippen LogP contribution in [-0.2, 0) is 9.59 Å². The SMILES string of the molecule is CCC(CC(=O)C12CCCN(CC1)C2)C(=O)O. The molecule has 0 radical (unpaired) electrons. The molecular weight excluding hydrogens is 218 g/mol. The van der Waals surface area contributed by atoms with Crippen molar-refractivity contribution in [1.29, 1.82) is 0 Å². The zero-order valence-corrected chi connectivity index (χ0v) is 10.4. The zero-order chi connectivity index (χ0) is 12.5. The van der Waals surface area contributed by atoms with Gasteiger partial charge in [-0.3, -0.25) is 9.59 Å². The molecule has 0 aromatic carbocycles. The van der Waals surface area contributed by atoms with Gasteiger partial charge in [-0.2, -0.15) is 0 Å². The summed E-state index contributed by atoms with van der Waals surface area (Å²) in [6.07, 6.45) is 3.73. The molecule has 2 aliphatic heterocycles. The zero-order valence-electron chi connectivity index (χ0n) is 10.4. The summed E-state index contributed by atoms with van der Waals surface area (Å²) in [7, 11) is 0. The minimum Gasteiger partial charge on any atom is -0.481 e. The maximum atomic E-state index is 12.4. The highest BCUT2D eigenvalue weighted by molar-refractivity contribution is 5.89. The molecule has 0 saturated carbocycles. The molecule has 0 aromatic heterocycles. The van der Waals surface area contributed by atoms with Gasteiger partial charge in [0.2, 0.25) is 0 Å². The third kappa shape index (κ3) is 2.37. The van der Waals surface area contributed by atoms with E-state index in [0.29, 0.717) is 6.42 Å². The van der Waals surface area contributed by atoms with Crippen molar-refractivity contribution in [2.75, 3.05) is 19.6 Å². The lowest BCUT2D eigenvalue weighted by atomic mass is 9.74. The first kappa shape index (κ1) is 12.6. The number of aliphatic carboxylic acids is 1. The lowest BCUT2D eigenvalue weighted by Crippen LogP contribution is -2.40. The van der Waals surface area contributed by atoms with Crippen molar-refractivity contribution in [2.45, 2.75) is 39.0 Å². The summed E-state index contributed by atoms with van der Waals surface area (Å²) in [5, 5.41) is 9.02. The molecular formula is C13H21NO3. The number of Topliss-reactive ketones (excluding diaryl/α,β-unsaturated/α-hetero) is 1. The summed E-state index contributed by atoms with van der Waals surface area (Å²) in [5.74, 6) is -1.13. The Balaban J connectivity index is 2.02. The third-order valence-corrected chi connectivity index (χ3v) is 4.43. The second-order valence-corrected chi connectivity index (χ2v) is 5.48. The van der Waals surface area contributed by atoms with E-state index in [0.717, 1.165) is 38.9 Å². The Bertz CT molecular complexity index is 325. The first-order chi connectivity index (χ1) is 8.07. The summed E-state index contributed by atoms with van der Waals surface area (Å²) < 4.78 is 0. The largest absolute Gasteiger partial charge is 0.481 e. The van der Waals surface area contributed by atoms with E-state index in [1.165, 1.54) is 0 Å². The molecule has 2 heterocycles.